The van der Waals surface area contributed by atoms with E-state index in [9.17, 15) is 4.79 Å². The number of hydrogen-bond acceptors (Lipinski definition) is 7. The highest BCUT2D eigenvalue weighted by atomic mass is 16.6. The molecule has 1 N–H and O–H groups in total. The number of rotatable bonds is 7. The molecule has 0 radical (unpaired) electrons. The third-order valence-electron chi connectivity index (χ3n) is 4.48. The van der Waals surface area contributed by atoms with E-state index in [0.717, 1.165) is 37.4 Å². The molecular weight excluding hydrogens is 346 g/mol. The molecule has 0 bridgehead atoms. The maximum atomic E-state index is 12.2. The Morgan fingerprint density at radius 3 is 2.70 bits per heavy atom. The Balaban J connectivity index is 1.86. The van der Waals surface area contributed by atoms with E-state index in [2.05, 4.69) is 20.4 Å². The van der Waals surface area contributed by atoms with Crippen LogP contribution in [0.3, 0.4) is 0 Å². The SMILES string of the molecule is CNCCCOc1cnnc(N(C)C2CCN(C(=O)OC(C)(C)C)CC2)c1. The smallest absolute Gasteiger partial charge is 0.410 e. The van der Waals surface area contributed by atoms with E-state index in [1.54, 1.807) is 11.1 Å². The maximum absolute atomic E-state index is 12.2. The standard InChI is InChI=1S/C19H33N5O3/c1-19(2,3)27-18(25)24-10-7-15(8-11-24)23(5)17-13-16(14-21-22-17)26-12-6-9-20-4/h13-15,20H,6-12H2,1-5H3. The zero-order valence-corrected chi connectivity index (χ0v) is 17.2. The molecule has 2 rings (SSSR count). The van der Waals surface area contributed by atoms with E-state index in [-0.39, 0.29) is 6.09 Å². The Hall–Kier alpha value is -2.09. The number of nitrogens with zero attached hydrogens (tertiary/aromatic N) is 4. The molecule has 1 saturated heterocycles. The van der Waals surface area contributed by atoms with Crippen molar-refractivity contribution in [1.82, 2.24) is 20.4 Å². The highest BCUT2D eigenvalue weighted by Gasteiger charge is 2.29. The van der Waals surface area contributed by atoms with Crippen molar-refractivity contribution in [3.05, 3.63) is 12.3 Å². The van der Waals surface area contributed by atoms with Gasteiger partial charge in [-0.25, -0.2) is 4.79 Å². The van der Waals surface area contributed by atoms with Crippen molar-refractivity contribution in [2.45, 2.75) is 51.7 Å². The Morgan fingerprint density at radius 2 is 2.07 bits per heavy atom. The zero-order chi connectivity index (χ0) is 19.9. The molecule has 0 spiro atoms. The van der Waals surface area contributed by atoms with E-state index in [0.29, 0.717) is 25.7 Å². The average molecular weight is 380 g/mol. The third kappa shape index (κ3) is 6.86. The topological polar surface area (TPSA) is 79.8 Å². The molecule has 0 atom stereocenters. The summed E-state index contributed by atoms with van der Waals surface area (Å²) in [7, 11) is 3.94. The van der Waals surface area contributed by atoms with E-state index in [1.807, 2.05) is 40.9 Å². The molecule has 0 saturated carbocycles. The first-order valence-corrected chi connectivity index (χ1v) is 9.61. The van der Waals surface area contributed by atoms with Gasteiger partial charge in [-0.15, -0.1) is 5.10 Å². The summed E-state index contributed by atoms with van der Waals surface area (Å²) < 4.78 is 11.2. The van der Waals surface area contributed by atoms with Crippen molar-refractivity contribution in [2.24, 2.45) is 0 Å². The molecule has 8 heteroatoms. The number of ether oxygens (including phenoxy) is 2. The molecule has 0 aliphatic carbocycles. The summed E-state index contributed by atoms with van der Waals surface area (Å²) in [4.78, 5) is 16.1. The lowest BCUT2D eigenvalue weighted by Crippen LogP contribution is -2.47. The van der Waals surface area contributed by atoms with Crippen LogP contribution in [0, 0.1) is 0 Å². The van der Waals surface area contributed by atoms with Gasteiger partial charge in [0.2, 0.25) is 0 Å². The van der Waals surface area contributed by atoms with Crippen molar-refractivity contribution in [1.29, 1.82) is 0 Å². The van der Waals surface area contributed by atoms with Gasteiger partial charge in [-0.1, -0.05) is 0 Å². The van der Waals surface area contributed by atoms with Gasteiger partial charge in [-0.05, 0) is 53.6 Å². The van der Waals surface area contributed by atoms with Crippen LogP contribution in [-0.2, 0) is 4.74 Å². The average Bonchev–Trinajstić information content (AvgIpc) is 2.64. The lowest BCUT2D eigenvalue weighted by molar-refractivity contribution is 0.0205. The number of likely N-dealkylation sites (tertiary alicyclic amines) is 1. The molecule has 0 unspecified atom stereocenters. The van der Waals surface area contributed by atoms with Crippen LogP contribution in [0.1, 0.15) is 40.0 Å². The number of anilines is 1. The summed E-state index contributed by atoms with van der Waals surface area (Å²) in [5, 5.41) is 11.4. The van der Waals surface area contributed by atoms with Gasteiger partial charge in [0.1, 0.15) is 11.4 Å². The summed E-state index contributed by atoms with van der Waals surface area (Å²) in [6, 6.07) is 2.23. The van der Waals surface area contributed by atoms with Gasteiger partial charge in [0, 0.05) is 32.2 Å². The molecule has 1 aromatic heterocycles. The third-order valence-corrected chi connectivity index (χ3v) is 4.48. The molecule has 1 fully saturated rings. The lowest BCUT2D eigenvalue weighted by Gasteiger charge is -2.37. The van der Waals surface area contributed by atoms with Gasteiger partial charge >= 0.3 is 6.09 Å². The largest absolute Gasteiger partial charge is 0.492 e. The summed E-state index contributed by atoms with van der Waals surface area (Å²) in [6.07, 6.45) is 4.07. The van der Waals surface area contributed by atoms with Crippen molar-refractivity contribution in [3.63, 3.8) is 0 Å². The summed E-state index contributed by atoms with van der Waals surface area (Å²) in [5.74, 6) is 1.52. The summed E-state index contributed by atoms with van der Waals surface area (Å²) in [5.41, 5.74) is -0.464. The Bertz CT molecular complexity index is 597. The minimum absolute atomic E-state index is 0.236. The molecule has 0 aromatic carbocycles. The van der Waals surface area contributed by atoms with Crippen molar-refractivity contribution >= 4 is 11.9 Å². The van der Waals surface area contributed by atoms with Crippen LogP contribution in [-0.4, -0.2) is 73.2 Å². The van der Waals surface area contributed by atoms with Crippen molar-refractivity contribution in [3.8, 4) is 5.75 Å². The molecule has 1 aliphatic rings. The van der Waals surface area contributed by atoms with Gasteiger partial charge in [-0.3, -0.25) is 0 Å². The highest BCUT2D eigenvalue weighted by Crippen LogP contribution is 2.23. The second-order valence-corrected chi connectivity index (χ2v) is 7.86. The van der Waals surface area contributed by atoms with Gasteiger partial charge in [0.25, 0.3) is 0 Å². The summed E-state index contributed by atoms with van der Waals surface area (Å²) in [6.45, 7) is 8.58. The van der Waals surface area contributed by atoms with Gasteiger partial charge in [0.05, 0.1) is 12.8 Å². The number of carbonyl (C=O) groups excluding carboxylic acids is 1. The molecule has 27 heavy (non-hydrogen) atoms. The van der Waals surface area contributed by atoms with E-state index in [1.165, 1.54) is 0 Å². The second kappa shape index (κ2) is 9.73. The van der Waals surface area contributed by atoms with Crippen LogP contribution < -0.4 is 15.0 Å². The predicted molar refractivity (Wildman–Crippen MR) is 105 cm³/mol. The molecule has 1 aliphatic heterocycles. The van der Waals surface area contributed by atoms with Crippen LogP contribution in [0.15, 0.2) is 12.3 Å². The normalized spacial score (nSPS) is 15.5. The molecule has 1 aromatic rings. The first-order chi connectivity index (χ1) is 12.8. The molecular formula is C19H33N5O3. The monoisotopic (exact) mass is 379 g/mol. The summed E-state index contributed by atoms with van der Waals surface area (Å²) >= 11 is 0. The van der Waals surface area contributed by atoms with Crippen LogP contribution >= 0.6 is 0 Å². The quantitative estimate of drug-likeness (QED) is 0.728. The van der Waals surface area contributed by atoms with E-state index in [4.69, 9.17) is 9.47 Å². The Labute approximate surface area is 162 Å². The minimum atomic E-state index is -0.464. The maximum Gasteiger partial charge on any atom is 0.410 e. The van der Waals surface area contributed by atoms with Gasteiger partial charge in [-0.2, -0.15) is 5.10 Å². The Morgan fingerprint density at radius 1 is 1.37 bits per heavy atom. The lowest BCUT2D eigenvalue weighted by atomic mass is 10.0. The fourth-order valence-corrected chi connectivity index (χ4v) is 2.98. The number of piperidine rings is 1. The number of nitrogens with one attached hydrogen (secondary N) is 1. The molecule has 152 valence electrons. The molecule has 1 amide bonds. The first kappa shape index (κ1) is 21.2. The minimum Gasteiger partial charge on any atom is -0.492 e. The number of carbonyl (C=O) groups is 1. The molecule has 8 nitrogen and oxygen atoms in total. The first-order valence-electron chi connectivity index (χ1n) is 9.61. The van der Waals surface area contributed by atoms with Crippen LogP contribution in [0.2, 0.25) is 0 Å². The fourth-order valence-electron chi connectivity index (χ4n) is 2.98. The number of hydrogen-bond donors (Lipinski definition) is 1. The second-order valence-electron chi connectivity index (χ2n) is 7.86. The fraction of sp³-hybridized carbons (Fsp3) is 0.737. The van der Waals surface area contributed by atoms with Crippen LogP contribution in [0.25, 0.3) is 0 Å². The Kier molecular flexibility index (Phi) is 7.65. The van der Waals surface area contributed by atoms with Crippen LogP contribution in [0.5, 0.6) is 5.75 Å². The highest BCUT2D eigenvalue weighted by molar-refractivity contribution is 5.68. The van der Waals surface area contributed by atoms with Crippen molar-refractivity contribution in [2.75, 3.05) is 45.2 Å². The number of aromatic nitrogens is 2. The van der Waals surface area contributed by atoms with Gasteiger partial charge in [0.15, 0.2) is 5.82 Å². The van der Waals surface area contributed by atoms with Gasteiger partial charge < -0.3 is 24.6 Å². The van der Waals surface area contributed by atoms with Crippen molar-refractivity contribution < 1.29 is 14.3 Å². The van der Waals surface area contributed by atoms with E-state index < -0.39 is 5.60 Å². The zero-order valence-electron chi connectivity index (χ0n) is 17.2. The van der Waals surface area contributed by atoms with Crippen LogP contribution in [0.4, 0.5) is 10.6 Å². The molecule has 2 heterocycles. The van der Waals surface area contributed by atoms with E-state index >= 15 is 0 Å². The number of amides is 1. The predicted octanol–water partition coefficient (Wildman–Crippen LogP) is 2.30.